The minimum absolute atomic E-state index is 0.451. The normalized spacial score (nSPS) is 10.5. The Morgan fingerprint density at radius 2 is 1.92 bits per heavy atom. The van der Waals surface area contributed by atoms with Gasteiger partial charge in [-0.25, -0.2) is 4.98 Å². The molecule has 0 amide bonds. The highest BCUT2D eigenvalue weighted by molar-refractivity contribution is 6.31. The van der Waals surface area contributed by atoms with Gasteiger partial charge < -0.3 is 11.5 Å². The van der Waals surface area contributed by atoms with Gasteiger partial charge in [-0.15, -0.1) is 0 Å². The van der Waals surface area contributed by atoms with E-state index in [9.17, 15) is 0 Å². The maximum absolute atomic E-state index is 5.82. The molecule has 0 radical (unpaired) electrons. The molecule has 0 spiro atoms. The number of halogens is 1. The average Bonchev–Trinajstić information content (AvgIpc) is 2.12. The monoisotopic (exact) mass is 193 g/mol. The number of pyridine rings is 1. The van der Waals surface area contributed by atoms with Crippen LogP contribution >= 0.6 is 11.6 Å². The van der Waals surface area contributed by atoms with Crippen LogP contribution < -0.4 is 11.5 Å². The minimum atomic E-state index is 0.451. The number of aromatic nitrogens is 1. The van der Waals surface area contributed by atoms with E-state index in [-0.39, 0.29) is 0 Å². The van der Waals surface area contributed by atoms with Crippen molar-refractivity contribution >= 4 is 33.9 Å². The summed E-state index contributed by atoms with van der Waals surface area (Å²) in [4.78, 5) is 3.94. The Balaban J connectivity index is 2.92. The van der Waals surface area contributed by atoms with Crippen LogP contribution in [0.15, 0.2) is 24.4 Å². The molecule has 2 rings (SSSR count). The highest BCUT2D eigenvalue weighted by Gasteiger charge is 2.02. The van der Waals surface area contributed by atoms with Crippen LogP contribution in [0.1, 0.15) is 0 Å². The van der Waals surface area contributed by atoms with Gasteiger partial charge in [-0.1, -0.05) is 17.7 Å². The van der Waals surface area contributed by atoms with Crippen molar-refractivity contribution in [3.8, 4) is 0 Å². The summed E-state index contributed by atoms with van der Waals surface area (Å²) in [6.45, 7) is 0. The van der Waals surface area contributed by atoms with E-state index in [4.69, 9.17) is 23.1 Å². The SMILES string of the molecule is Nc1cnc(N)c2cc(Cl)ccc12. The molecular formula is C9H8ClN3. The molecule has 0 fully saturated rings. The fourth-order valence-corrected chi connectivity index (χ4v) is 1.43. The molecule has 0 atom stereocenters. The van der Waals surface area contributed by atoms with Crippen LogP contribution in [0.25, 0.3) is 10.8 Å². The number of hydrogen-bond acceptors (Lipinski definition) is 3. The van der Waals surface area contributed by atoms with E-state index in [0.29, 0.717) is 16.5 Å². The molecule has 0 saturated carbocycles. The first-order chi connectivity index (χ1) is 6.18. The average molecular weight is 194 g/mol. The molecular weight excluding hydrogens is 186 g/mol. The van der Waals surface area contributed by atoms with Crippen molar-refractivity contribution in [3.63, 3.8) is 0 Å². The maximum atomic E-state index is 5.82. The van der Waals surface area contributed by atoms with Gasteiger partial charge in [0.1, 0.15) is 5.82 Å². The fourth-order valence-electron chi connectivity index (χ4n) is 1.26. The van der Waals surface area contributed by atoms with E-state index >= 15 is 0 Å². The second kappa shape index (κ2) is 2.78. The zero-order chi connectivity index (χ0) is 9.42. The third-order valence-corrected chi connectivity index (χ3v) is 2.15. The summed E-state index contributed by atoms with van der Waals surface area (Å²) in [5.41, 5.74) is 12.0. The molecule has 0 aliphatic carbocycles. The molecule has 1 aromatic carbocycles. The van der Waals surface area contributed by atoms with Gasteiger partial charge in [-0.05, 0) is 12.1 Å². The van der Waals surface area contributed by atoms with Crippen molar-refractivity contribution in [2.45, 2.75) is 0 Å². The van der Waals surface area contributed by atoms with E-state index < -0.39 is 0 Å². The first-order valence-corrected chi connectivity index (χ1v) is 4.15. The van der Waals surface area contributed by atoms with Crippen molar-refractivity contribution < 1.29 is 0 Å². The summed E-state index contributed by atoms with van der Waals surface area (Å²) in [6.07, 6.45) is 1.55. The molecule has 4 N–H and O–H groups in total. The number of nitrogen functional groups attached to an aromatic ring is 2. The van der Waals surface area contributed by atoms with Gasteiger partial charge in [0.25, 0.3) is 0 Å². The second-order valence-corrected chi connectivity index (χ2v) is 3.23. The highest BCUT2D eigenvalue weighted by atomic mass is 35.5. The molecule has 66 valence electrons. The van der Waals surface area contributed by atoms with Crippen molar-refractivity contribution in [3.05, 3.63) is 29.4 Å². The van der Waals surface area contributed by atoms with E-state index in [1.165, 1.54) is 0 Å². The van der Waals surface area contributed by atoms with Gasteiger partial charge in [0, 0.05) is 15.8 Å². The molecule has 1 aromatic heterocycles. The molecule has 0 unspecified atom stereocenters. The van der Waals surface area contributed by atoms with Crippen molar-refractivity contribution in [1.82, 2.24) is 4.98 Å². The van der Waals surface area contributed by atoms with E-state index in [2.05, 4.69) is 4.98 Å². The topological polar surface area (TPSA) is 64.9 Å². The fraction of sp³-hybridized carbons (Fsp3) is 0. The Morgan fingerprint density at radius 3 is 2.69 bits per heavy atom. The Labute approximate surface area is 80.3 Å². The molecule has 2 aromatic rings. The number of nitrogens with zero attached hydrogens (tertiary/aromatic N) is 1. The van der Waals surface area contributed by atoms with Crippen LogP contribution in [0, 0.1) is 0 Å². The van der Waals surface area contributed by atoms with E-state index in [0.717, 1.165) is 10.8 Å². The van der Waals surface area contributed by atoms with Crippen LogP contribution in [0.5, 0.6) is 0 Å². The first kappa shape index (κ1) is 8.13. The quantitative estimate of drug-likeness (QED) is 0.673. The summed E-state index contributed by atoms with van der Waals surface area (Å²) in [6, 6.07) is 5.38. The zero-order valence-electron chi connectivity index (χ0n) is 6.79. The minimum Gasteiger partial charge on any atom is -0.397 e. The summed E-state index contributed by atoms with van der Waals surface area (Å²) < 4.78 is 0. The van der Waals surface area contributed by atoms with Crippen molar-refractivity contribution in [2.75, 3.05) is 11.5 Å². The lowest BCUT2D eigenvalue weighted by molar-refractivity contribution is 1.37. The van der Waals surface area contributed by atoms with Crippen molar-refractivity contribution in [2.24, 2.45) is 0 Å². The molecule has 0 aliphatic heterocycles. The number of benzene rings is 1. The standard InChI is InChI=1S/C9H8ClN3/c10-5-1-2-6-7(3-5)9(12)13-4-8(6)11/h1-4H,11H2,(H2,12,13). The first-order valence-electron chi connectivity index (χ1n) is 3.77. The Bertz CT molecular complexity index is 468. The molecule has 4 heteroatoms. The Kier molecular flexibility index (Phi) is 1.74. The predicted molar refractivity (Wildman–Crippen MR) is 55.6 cm³/mol. The van der Waals surface area contributed by atoms with Crippen LogP contribution in [0.3, 0.4) is 0 Å². The van der Waals surface area contributed by atoms with Crippen molar-refractivity contribution in [1.29, 1.82) is 0 Å². The smallest absolute Gasteiger partial charge is 0.131 e. The zero-order valence-corrected chi connectivity index (χ0v) is 7.55. The molecule has 0 aliphatic rings. The Morgan fingerprint density at radius 1 is 1.15 bits per heavy atom. The number of hydrogen-bond donors (Lipinski definition) is 2. The van der Waals surface area contributed by atoms with Gasteiger partial charge in [-0.3, -0.25) is 0 Å². The summed E-state index contributed by atoms with van der Waals surface area (Å²) >= 11 is 5.82. The maximum Gasteiger partial charge on any atom is 0.131 e. The molecule has 1 heterocycles. The van der Waals surface area contributed by atoms with Gasteiger partial charge >= 0.3 is 0 Å². The summed E-state index contributed by atoms with van der Waals surface area (Å²) in [7, 11) is 0. The van der Waals surface area contributed by atoms with Crippen LogP contribution in [-0.2, 0) is 0 Å². The third-order valence-electron chi connectivity index (χ3n) is 1.91. The number of rotatable bonds is 0. The van der Waals surface area contributed by atoms with E-state index in [1.807, 2.05) is 6.07 Å². The molecule has 0 bridgehead atoms. The molecule has 0 saturated heterocycles. The van der Waals surface area contributed by atoms with Gasteiger partial charge in [0.05, 0.1) is 11.9 Å². The lowest BCUT2D eigenvalue weighted by Crippen LogP contribution is -1.95. The molecule has 13 heavy (non-hydrogen) atoms. The largest absolute Gasteiger partial charge is 0.397 e. The van der Waals surface area contributed by atoms with Crippen LogP contribution in [0.4, 0.5) is 11.5 Å². The third kappa shape index (κ3) is 1.27. The van der Waals surface area contributed by atoms with E-state index in [1.54, 1.807) is 18.3 Å². The summed E-state index contributed by atoms with van der Waals surface area (Å²) in [5.74, 6) is 0.451. The van der Waals surface area contributed by atoms with Gasteiger partial charge in [0.2, 0.25) is 0 Å². The Hall–Kier alpha value is -1.48. The van der Waals surface area contributed by atoms with Gasteiger partial charge in [-0.2, -0.15) is 0 Å². The van der Waals surface area contributed by atoms with Gasteiger partial charge in [0.15, 0.2) is 0 Å². The second-order valence-electron chi connectivity index (χ2n) is 2.79. The number of anilines is 2. The highest BCUT2D eigenvalue weighted by Crippen LogP contribution is 2.26. The lowest BCUT2D eigenvalue weighted by atomic mass is 10.1. The lowest BCUT2D eigenvalue weighted by Gasteiger charge is -2.03. The van der Waals surface area contributed by atoms with Crippen LogP contribution in [0.2, 0.25) is 5.02 Å². The number of fused-ring (bicyclic) bond motifs is 1. The molecule has 3 nitrogen and oxygen atoms in total. The number of nitrogens with two attached hydrogens (primary N) is 2. The predicted octanol–water partition coefficient (Wildman–Crippen LogP) is 2.05. The van der Waals surface area contributed by atoms with Crippen LogP contribution in [-0.4, -0.2) is 4.98 Å². The summed E-state index contributed by atoms with van der Waals surface area (Å²) in [5, 5.41) is 2.32.